The summed E-state index contributed by atoms with van der Waals surface area (Å²) in [4.78, 5) is 16.8. The van der Waals surface area contributed by atoms with Gasteiger partial charge in [-0.15, -0.1) is 30.8 Å². The van der Waals surface area contributed by atoms with Crippen molar-refractivity contribution < 1.29 is 9.18 Å². The fraction of sp³-hybridized carbons (Fsp3) is 0.182. The Bertz CT molecular complexity index is 1350. The number of amides is 1. The van der Waals surface area contributed by atoms with Crippen LogP contribution in [-0.4, -0.2) is 25.7 Å². The summed E-state index contributed by atoms with van der Waals surface area (Å²) in [5.74, 6) is -1.25. The minimum absolute atomic E-state index is 0.274. The molecular weight excluding hydrogens is 464 g/mol. The molecule has 0 fully saturated rings. The quantitative estimate of drug-likeness (QED) is 0.563. The predicted octanol–water partition coefficient (Wildman–Crippen LogP) is 4.17. The van der Waals surface area contributed by atoms with E-state index in [0.717, 1.165) is 49.0 Å². The first-order valence-corrected chi connectivity index (χ1v) is 12.3. The number of nitrogens with zero attached hydrogens (tertiary/aromatic N) is 4. The number of hydrogen-bond acceptors (Lipinski definition) is 6. The lowest BCUT2D eigenvalue weighted by Gasteiger charge is -2.17. The van der Waals surface area contributed by atoms with Crippen molar-refractivity contribution in [1.82, 2.24) is 19.7 Å². The van der Waals surface area contributed by atoms with E-state index >= 15 is 0 Å². The molecule has 3 heterocycles. The Labute approximate surface area is 194 Å². The highest BCUT2D eigenvalue weighted by Crippen LogP contribution is 2.33. The molecule has 0 saturated carbocycles. The molecule has 1 aromatic carbocycles. The number of primary amides is 1. The summed E-state index contributed by atoms with van der Waals surface area (Å²) < 4.78 is 17.5. The van der Waals surface area contributed by atoms with Gasteiger partial charge in [-0.05, 0) is 65.3 Å². The van der Waals surface area contributed by atoms with Crippen LogP contribution in [0.3, 0.4) is 0 Å². The zero-order valence-electron chi connectivity index (χ0n) is 16.9. The van der Waals surface area contributed by atoms with E-state index in [9.17, 15) is 9.18 Å². The van der Waals surface area contributed by atoms with E-state index in [4.69, 9.17) is 5.73 Å². The molecule has 6 nitrogen and oxygen atoms in total. The van der Waals surface area contributed by atoms with Crippen LogP contribution in [-0.2, 0) is 11.3 Å². The molecular formula is C22H19FN5OPS2. The van der Waals surface area contributed by atoms with E-state index in [-0.39, 0.29) is 6.42 Å². The van der Waals surface area contributed by atoms with E-state index < -0.39 is 17.7 Å². The highest BCUT2D eigenvalue weighted by molar-refractivity contribution is 7.99. The molecule has 0 spiro atoms. The Balaban J connectivity index is 1.38. The van der Waals surface area contributed by atoms with Crippen molar-refractivity contribution in [3.05, 3.63) is 64.7 Å². The summed E-state index contributed by atoms with van der Waals surface area (Å²) in [6.45, 7) is 0.705. The van der Waals surface area contributed by atoms with Crippen molar-refractivity contribution in [2.24, 2.45) is 11.7 Å². The van der Waals surface area contributed by atoms with Gasteiger partial charge in [-0.3, -0.25) is 4.79 Å². The molecule has 2 N–H and O–H groups in total. The van der Waals surface area contributed by atoms with Crippen molar-refractivity contribution >= 4 is 59.8 Å². The standard InChI is InChI=1S/C22H19FN5OPS2/c23-15-8-13(3-5-14(15)21(24)29)12-2-1-7-28-20(6-4-12)26-27-22(28)32-19-10-18-16(9-17(19)30)25-11-31-18/h2-4,6,8-11,14H,1,5,7,30H2,(H2,24,29). The number of benzene rings is 1. The van der Waals surface area contributed by atoms with Gasteiger partial charge in [0, 0.05) is 11.4 Å². The maximum Gasteiger partial charge on any atom is 0.227 e. The van der Waals surface area contributed by atoms with Crippen molar-refractivity contribution in [3.8, 4) is 0 Å². The summed E-state index contributed by atoms with van der Waals surface area (Å²) in [6.07, 6.45) is 10.2. The van der Waals surface area contributed by atoms with Crippen molar-refractivity contribution in [1.29, 1.82) is 0 Å². The van der Waals surface area contributed by atoms with E-state index in [2.05, 4.69) is 47.2 Å². The summed E-state index contributed by atoms with van der Waals surface area (Å²) in [5.41, 5.74) is 9.76. The van der Waals surface area contributed by atoms with E-state index in [1.807, 2.05) is 23.7 Å². The molecule has 2 unspecified atom stereocenters. The van der Waals surface area contributed by atoms with Gasteiger partial charge in [0.05, 0.1) is 21.6 Å². The van der Waals surface area contributed by atoms with E-state index in [0.29, 0.717) is 6.54 Å². The maximum absolute atomic E-state index is 14.3. The highest BCUT2D eigenvalue weighted by Gasteiger charge is 2.24. The predicted molar refractivity (Wildman–Crippen MR) is 129 cm³/mol. The van der Waals surface area contributed by atoms with Crippen LogP contribution in [0.2, 0.25) is 0 Å². The number of carbonyl (C=O) groups excluding carboxylic acids is 1. The van der Waals surface area contributed by atoms with Gasteiger partial charge in [0.25, 0.3) is 0 Å². The molecule has 1 amide bonds. The van der Waals surface area contributed by atoms with Crippen LogP contribution in [0.25, 0.3) is 16.3 Å². The van der Waals surface area contributed by atoms with Crippen LogP contribution in [0, 0.1) is 5.92 Å². The number of nitrogens with two attached hydrogens (primary N) is 1. The van der Waals surface area contributed by atoms with Crippen LogP contribution in [0.4, 0.5) is 4.39 Å². The maximum atomic E-state index is 14.3. The third-order valence-corrected chi connectivity index (χ3v) is 7.95. The molecule has 1 aliphatic heterocycles. The zero-order chi connectivity index (χ0) is 22.2. The fourth-order valence-corrected chi connectivity index (χ4v) is 5.83. The third kappa shape index (κ3) is 4.08. The van der Waals surface area contributed by atoms with Crippen LogP contribution < -0.4 is 11.0 Å². The summed E-state index contributed by atoms with van der Waals surface area (Å²) in [5, 5.41) is 10.7. The number of rotatable bonds is 4. The van der Waals surface area contributed by atoms with Gasteiger partial charge in [0.2, 0.25) is 5.91 Å². The lowest BCUT2D eigenvalue weighted by Crippen LogP contribution is -2.24. The number of carbonyl (C=O) groups is 1. The van der Waals surface area contributed by atoms with Gasteiger partial charge >= 0.3 is 0 Å². The van der Waals surface area contributed by atoms with Crippen LogP contribution in [0.1, 0.15) is 18.7 Å². The fourth-order valence-electron chi connectivity index (χ4n) is 3.71. The molecule has 32 heavy (non-hydrogen) atoms. The van der Waals surface area contributed by atoms with Crippen molar-refractivity contribution in [3.63, 3.8) is 0 Å². The van der Waals surface area contributed by atoms with Crippen LogP contribution in [0.15, 0.2) is 69.0 Å². The Morgan fingerprint density at radius 2 is 2.12 bits per heavy atom. The molecule has 0 bridgehead atoms. The average molecular weight is 484 g/mol. The van der Waals surface area contributed by atoms with Crippen molar-refractivity contribution in [2.75, 3.05) is 0 Å². The number of thiazole rings is 1. The van der Waals surface area contributed by atoms with Gasteiger partial charge < -0.3 is 10.3 Å². The van der Waals surface area contributed by atoms with Crippen molar-refractivity contribution in [2.45, 2.75) is 29.4 Å². The molecule has 162 valence electrons. The average Bonchev–Trinajstić information content (AvgIpc) is 3.34. The second kappa shape index (κ2) is 8.73. The van der Waals surface area contributed by atoms with E-state index in [1.54, 1.807) is 23.1 Å². The van der Waals surface area contributed by atoms with Gasteiger partial charge in [-0.1, -0.05) is 18.2 Å². The Hall–Kier alpha value is -2.61. The van der Waals surface area contributed by atoms with E-state index in [1.165, 1.54) is 6.08 Å². The normalized spacial score (nSPS) is 18.4. The first-order chi connectivity index (χ1) is 15.5. The first kappa shape index (κ1) is 21.2. The lowest BCUT2D eigenvalue weighted by molar-refractivity contribution is -0.121. The smallest absolute Gasteiger partial charge is 0.227 e. The Morgan fingerprint density at radius 3 is 2.94 bits per heavy atom. The van der Waals surface area contributed by atoms with Crippen LogP contribution >= 0.6 is 32.3 Å². The minimum Gasteiger partial charge on any atom is -0.369 e. The van der Waals surface area contributed by atoms with Gasteiger partial charge in [-0.25, -0.2) is 9.37 Å². The molecule has 2 atom stereocenters. The molecule has 2 aliphatic rings. The highest BCUT2D eigenvalue weighted by atomic mass is 32.2. The molecule has 5 rings (SSSR count). The zero-order valence-corrected chi connectivity index (χ0v) is 19.7. The number of allylic oxidation sites excluding steroid dienone is 6. The second-order valence-electron chi connectivity index (χ2n) is 7.47. The summed E-state index contributed by atoms with van der Waals surface area (Å²) in [7, 11) is 2.77. The Kier molecular flexibility index (Phi) is 5.80. The molecule has 0 radical (unpaired) electrons. The van der Waals surface area contributed by atoms with Gasteiger partial charge in [0.1, 0.15) is 5.83 Å². The number of halogens is 1. The molecule has 2 aromatic heterocycles. The SMILES string of the molecule is NC(=O)C1CC=C(C2=CCCn3c(nnc3Sc3cc4scnc4cc3P)C=C2)C=C1F. The number of hydrogen-bond donors (Lipinski definition) is 1. The van der Waals surface area contributed by atoms with Crippen LogP contribution in [0.5, 0.6) is 0 Å². The van der Waals surface area contributed by atoms with Gasteiger partial charge in [0.15, 0.2) is 11.0 Å². The van der Waals surface area contributed by atoms with Gasteiger partial charge in [-0.2, -0.15) is 0 Å². The number of aromatic nitrogens is 4. The molecule has 10 heteroatoms. The third-order valence-electron chi connectivity index (χ3n) is 5.41. The number of fused-ring (bicyclic) bond motifs is 2. The molecule has 0 saturated heterocycles. The molecule has 1 aliphatic carbocycles. The first-order valence-electron chi connectivity index (χ1n) is 9.98. The summed E-state index contributed by atoms with van der Waals surface area (Å²) >= 11 is 3.20. The second-order valence-corrected chi connectivity index (χ2v) is 9.98. The topological polar surface area (TPSA) is 86.7 Å². The Morgan fingerprint density at radius 1 is 1.25 bits per heavy atom. The minimum atomic E-state index is -0.870. The lowest BCUT2D eigenvalue weighted by atomic mass is 9.90. The monoisotopic (exact) mass is 483 g/mol. The largest absolute Gasteiger partial charge is 0.369 e. The summed E-state index contributed by atoms with van der Waals surface area (Å²) in [6, 6.07) is 4.19. The molecule has 3 aromatic rings.